The molecule has 0 unspecified atom stereocenters. The third kappa shape index (κ3) is 7.73. The van der Waals surface area contributed by atoms with Crippen molar-refractivity contribution in [2.24, 2.45) is 0 Å². The number of hydrogen-bond donors (Lipinski definition) is 2. The number of carbonyl (C=O) groups excluding carboxylic acids is 2. The van der Waals surface area contributed by atoms with Gasteiger partial charge < -0.3 is 15.4 Å². The van der Waals surface area contributed by atoms with Crippen LogP contribution in [0.1, 0.15) is 11.4 Å². The first-order valence-corrected chi connectivity index (χ1v) is 12.9. The first-order chi connectivity index (χ1) is 19.1. The van der Waals surface area contributed by atoms with Gasteiger partial charge in [-0.25, -0.2) is 4.39 Å². The molecule has 1 heterocycles. The predicted octanol–water partition coefficient (Wildman–Crippen LogP) is 5.50. The second-order valence-corrected chi connectivity index (χ2v) is 9.50. The van der Waals surface area contributed by atoms with Gasteiger partial charge >= 0.3 is 6.18 Å². The van der Waals surface area contributed by atoms with E-state index in [0.717, 1.165) is 23.9 Å². The fourth-order valence-corrected chi connectivity index (χ4v) is 4.27. The summed E-state index contributed by atoms with van der Waals surface area (Å²) in [5.74, 6) is -1.43. The number of rotatable bonds is 10. The van der Waals surface area contributed by atoms with Crippen molar-refractivity contribution < 1.29 is 31.9 Å². The Morgan fingerprint density at radius 1 is 0.975 bits per heavy atom. The summed E-state index contributed by atoms with van der Waals surface area (Å²) in [6.07, 6.45) is -4.61. The second kappa shape index (κ2) is 12.8. The van der Waals surface area contributed by atoms with Gasteiger partial charge in [-0.05, 0) is 54.6 Å². The molecule has 1 aromatic heterocycles. The van der Waals surface area contributed by atoms with Crippen LogP contribution in [0.2, 0.25) is 5.02 Å². The van der Waals surface area contributed by atoms with E-state index in [0.29, 0.717) is 10.8 Å². The topological polar surface area (TPSA) is 98.1 Å². The van der Waals surface area contributed by atoms with Crippen LogP contribution >= 0.6 is 23.4 Å². The number of alkyl halides is 3. The van der Waals surface area contributed by atoms with Crippen LogP contribution in [0.15, 0.2) is 78.0 Å². The van der Waals surface area contributed by atoms with E-state index in [2.05, 4.69) is 20.8 Å². The summed E-state index contributed by atoms with van der Waals surface area (Å²) in [7, 11) is 0. The maximum atomic E-state index is 13.9. The fraction of sp³-hybridized carbons (Fsp3) is 0.154. The lowest BCUT2D eigenvalue weighted by molar-refractivity contribution is -0.137. The van der Waals surface area contributed by atoms with Gasteiger partial charge in [-0.3, -0.25) is 14.2 Å². The molecule has 4 rings (SSSR count). The Balaban J connectivity index is 1.49. The number of nitrogens with one attached hydrogen (secondary N) is 2. The standard InChI is InChI=1S/C26H20ClF4N5O3S/c27-17-8-10-19(11-9-17)39-14-23(37)32-13-22-34-35-25(36(22)18-5-3-4-16(12-18)26(29,30)31)40-15-24(38)33-21-7-2-1-6-20(21)28/h1-12H,13-15H2,(H,32,37)(H,33,38). The van der Waals surface area contributed by atoms with Gasteiger partial charge in [0.2, 0.25) is 5.91 Å². The van der Waals surface area contributed by atoms with E-state index in [9.17, 15) is 27.2 Å². The molecule has 0 atom stereocenters. The summed E-state index contributed by atoms with van der Waals surface area (Å²) in [4.78, 5) is 24.8. The number of para-hydroxylation sites is 1. The molecule has 2 amide bonds. The van der Waals surface area contributed by atoms with Crippen LogP contribution in [0.5, 0.6) is 5.75 Å². The van der Waals surface area contributed by atoms with Crippen molar-refractivity contribution in [1.29, 1.82) is 0 Å². The molecule has 40 heavy (non-hydrogen) atoms. The Labute approximate surface area is 234 Å². The van der Waals surface area contributed by atoms with Gasteiger partial charge in [0, 0.05) is 5.02 Å². The van der Waals surface area contributed by atoms with Gasteiger partial charge in [0.25, 0.3) is 5.91 Å². The number of thioether (sulfide) groups is 1. The first kappa shape index (κ1) is 28.9. The molecule has 0 aliphatic rings. The van der Waals surface area contributed by atoms with Gasteiger partial charge in [-0.1, -0.05) is 41.6 Å². The number of benzene rings is 3. The van der Waals surface area contributed by atoms with Crippen molar-refractivity contribution in [2.75, 3.05) is 17.7 Å². The minimum atomic E-state index is -4.61. The predicted molar refractivity (Wildman–Crippen MR) is 141 cm³/mol. The van der Waals surface area contributed by atoms with Crippen LogP contribution in [0.25, 0.3) is 5.69 Å². The molecule has 0 aliphatic heterocycles. The van der Waals surface area contributed by atoms with E-state index < -0.39 is 29.4 Å². The Morgan fingerprint density at radius 3 is 2.45 bits per heavy atom. The van der Waals surface area contributed by atoms with Crippen molar-refractivity contribution in [1.82, 2.24) is 20.1 Å². The van der Waals surface area contributed by atoms with Crippen molar-refractivity contribution >= 4 is 40.9 Å². The molecule has 0 radical (unpaired) electrons. The molecule has 0 spiro atoms. The normalized spacial score (nSPS) is 11.2. The lowest BCUT2D eigenvalue weighted by atomic mass is 10.2. The van der Waals surface area contributed by atoms with Crippen molar-refractivity contribution in [3.8, 4) is 11.4 Å². The molecule has 3 aromatic carbocycles. The van der Waals surface area contributed by atoms with Gasteiger partial charge in [-0.15, -0.1) is 10.2 Å². The number of halogens is 5. The fourth-order valence-electron chi connectivity index (χ4n) is 3.38. The highest BCUT2D eigenvalue weighted by Gasteiger charge is 2.31. The Hall–Kier alpha value is -4.10. The maximum absolute atomic E-state index is 13.9. The molecule has 0 saturated carbocycles. The minimum Gasteiger partial charge on any atom is -0.484 e. The van der Waals surface area contributed by atoms with E-state index in [4.69, 9.17) is 16.3 Å². The zero-order chi connectivity index (χ0) is 28.7. The van der Waals surface area contributed by atoms with Crippen LogP contribution in [0.3, 0.4) is 0 Å². The average molecular weight is 594 g/mol. The van der Waals surface area contributed by atoms with Crippen LogP contribution in [0.4, 0.5) is 23.2 Å². The van der Waals surface area contributed by atoms with Gasteiger partial charge in [0.15, 0.2) is 17.6 Å². The molecular weight excluding hydrogens is 574 g/mol. The summed E-state index contributed by atoms with van der Waals surface area (Å²) < 4.78 is 60.8. The SMILES string of the molecule is O=C(COc1ccc(Cl)cc1)NCc1nnc(SCC(=O)Nc2ccccc2F)n1-c1cccc(C(F)(F)F)c1. The van der Waals surface area contributed by atoms with E-state index in [1.54, 1.807) is 30.3 Å². The quantitative estimate of drug-likeness (QED) is 0.186. The van der Waals surface area contributed by atoms with Crippen molar-refractivity contribution in [2.45, 2.75) is 17.9 Å². The third-order valence-electron chi connectivity index (χ3n) is 5.24. The zero-order valence-corrected chi connectivity index (χ0v) is 22.0. The number of carbonyl (C=O) groups is 2. The van der Waals surface area contributed by atoms with E-state index in [1.807, 2.05) is 0 Å². The smallest absolute Gasteiger partial charge is 0.416 e. The van der Waals surface area contributed by atoms with Gasteiger partial charge in [-0.2, -0.15) is 13.2 Å². The number of amides is 2. The molecule has 208 valence electrons. The van der Waals surface area contributed by atoms with Crippen molar-refractivity contribution in [3.05, 3.63) is 95.0 Å². The summed E-state index contributed by atoms with van der Waals surface area (Å²) in [5.41, 5.74) is -0.853. The first-order valence-electron chi connectivity index (χ1n) is 11.5. The number of aromatic nitrogens is 3. The molecule has 14 heteroatoms. The molecule has 0 saturated heterocycles. The molecule has 2 N–H and O–H groups in total. The molecule has 0 fully saturated rings. The number of hydrogen-bond acceptors (Lipinski definition) is 6. The summed E-state index contributed by atoms with van der Waals surface area (Å²) in [6, 6.07) is 16.4. The summed E-state index contributed by atoms with van der Waals surface area (Å²) >= 11 is 6.70. The van der Waals surface area contributed by atoms with E-state index >= 15 is 0 Å². The third-order valence-corrected chi connectivity index (χ3v) is 6.42. The monoisotopic (exact) mass is 593 g/mol. The van der Waals surface area contributed by atoms with E-state index in [-0.39, 0.29) is 41.3 Å². The lowest BCUT2D eigenvalue weighted by Crippen LogP contribution is -2.29. The van der Waals surface area contributed by atoms with Crippen molar-refractivity contribution in [3.63, 3.8) is 0 Å². The Morgan fingerprint density at radius 2 is 1.73 bits per heavy atom. The van der Waals surface area contributed by atoms with Gasteiger partial charge in [0.05, 0.1) is 29.2 Å². The zero-order valence-electron chi connectivity index (χ0n) is 20.4. The second-order valence-electron chi connectivity index (χ2n) is 8.12. The largest absolute Gasteiger partial charge is 0.484 e. The van der Waals surface area contributed by atoms with Crippen LogP contribution in [-0.2, 0) is 22.3 Å². The Kier molecular flexibility index (Phi) is 9.27. The molecule has 0 bridgehead atoms. The molecule has 0 aliphatic carbocycles. The highest BCUT2D eigenvalue weighted by Crippen LogP contribution is 2.32. The summed E-state index contributed by atoms with van der Waals surface area (Å²) in [6.45, 7) is -0.537. The number of nitrogens with zero attached hydrogens (tertiary/aromatic N) is 3. The van der Waals surface area contributed by atoms with Crippen LogP contribution < -0.4 is 15.4 Å². The maximum Gasteiger partial charge on any atom is 0.416 e. The lowest BCUT2D eigenvalue weighted by Gasteiger charge is -2.14. The molecule has 8 nitrogen and oxygen atoms in total. The number of anilines is 1. The van der Waals surface area contributed by atoms with E-state index in [1.165, 1.54) is 34.9 Å². The number of ether oxygens (including phenoxy) is 1. The molecular formula is C26H20ClF4N5O3S. The van der Waals surface area contributed by atoms with Gasteiger partial charge in [0.1, 0.15) is 11.6 Å². The molecule has 4 aromatic rings. The highest BCUT2D eigenvalue weighted by molar-refractivity contribution is 7.99. The highest BCUT2D eigenvalue weighted by atomic mass is 35.5. The summed E-state index contributed by atoms with van der Waals surface area (Å²) in [5, 5.41) is 13.6. The average Bonchev–Trinajstić information content (AvgIpc) is 3.34. The van der Waals surface area contributed by atoms with Crippen LogP contribution in [-0.4, -0.2) is 38.9 Å². The van der Waals surface area contributed by atoms with Crippen LogP contribution in [0, 0.1) is 5.82 Å². The Bertz CT molecular complexity index is 1500. The minimum absolute atomic E-state index is 0.0170.